The summed E-state index contributed by atoms with van der Waals surface area (Å²) in [6.45, 7) is 7.70. The van der Waals surface area contributed by atoms with Gasteiger partial charge in [0, 0.05) is 13.0 Å². The highest BCUT2D eigenvalue weighted by atomic mass is 16.6. The van der Waals surface area contributed by atoms with Gasteiger partial charge >= 0.3 is 6.09 Å². The molecule has 0 saturated carbocycles. The highest BCUT2D eigenvalue weighted by molar-refractivity contribution is 5.95. The molecular formula is C44H77N3O8. The van der Waals surface area contributed by atoms with E-state index in [2.05, 4.69) is 13.8 Å². The van der Waals surface area contributed by atoms with E-state index in [0.717, 1.165) is 43.4 Å². The Balaban J connectivity index is 2.36. The van der Waals surface area contributed by atoms with Gasteiger partial charge in [0.1, 0.15) is 31.0 Å². The van der Waals surface area contributed by atoms with Crippen LogP contribution in [0, 0.1) is 5.92 Å². The molecule has 0 spiro atoms. The van der Waals surface area contributed by atoms with E-state index in [9.17, 15) is 29.7 Å². The second-order valence-corrected chi connectivity index (χ2v) is 16.1. The molecule has 1 aromatic rings. The van der Waals surface area contributed by atoms with Gasteiger partial charge in [-0.15, -0.1) is 0 Å². The van der Waals surface area contributed by atoms with E-state index >= 15 is 0 Å². The number of carbonyl (C=O) groups is 3. The Morgan fingerprint density at radius 1 is 0.764 bits per heavy atom. The van der Waals surface area contributed by atoms with Crippen molar-refractivity contribution in [1.29, 1.82) is 0 Å². The van der Waals surface area contributed by atoms with E-state index < -0.39 is 55.2 Å². The first-order valence-corrected chi connectivity index (χ1v) is 21.8. The zero-order valence-electron chi connectivity index (χ0n) is 34.8. The lowest BCUT2D eigenvalue weighted by molar-refractivity contribution is -0.245. The summed E-state index contributed by atoms with van der Waals surface area (Å²) >= 11 is 0. The molecule has 1 heterocycles. The second kappa shape index (κ2) is 28.8. The van der Waals surface area contributed by atoms with Crippen LogP contribution in [0.3, 0.4) is 0 Å². The molecule has 5 N–H and O–H groups in total. The van der Waals surface area contributed by atoms with Crippen LogP contribution in [0.5, 0.6) is 0 Å². The summed E-state index contributed by atoms with van der Waals surface area (Å²) in [7, 11) is 0. The zero-order chi connectivity index (χ0) is 40.4. The fourth-order valence-electron chi connectivity index (χ4n) is 7.45. The Morgan fingerprint density at radius 2 is 1.27 bits per heavy atom. The summed E-state index contributed by atoms with van der Waals surface area (Å²) in [4.78, 5) is 44.7. The van der Waals surface area contributed by atoms with Crippen molar-refractivity contribution in [3.8, 4) is 0 Å². The predicted octanol–water partition coefficient (Wildman–Crippen LogP) is 8.00. The van der Waals surface area contributed by atoms with Gasteiger partial charge in [-0.25, -0.2) is 9.69 Å². The number of rotatable bonds is 29. The average molecular weight is 776 g/mol. The third kappa shape index (κ3) is 18.1. The molecule has 55 heavy (non-hydrogen) atoms. The van der Waals surface area contributed by atoms with Gasteiger partial charge < -0.3 is 35.4 Å². The van der Waals surface area contributed by atoms with Crippen molar-refractivity contribution in [2.75, 3.05) is 13.2 Å². The molecule has 1 aromatic carbocycles. The fraction of sp³-hybridized carbons (Fsp3) is 0.795. The lowest BCUT2D eigenvalue weighted by atomic mass is 9.92. The first kappa shape index (κ1) is 48.6. The minimum Gasteiger partial charge on any atom is -0.444 e. The van der Waals surface area contributed by atoms with E-state index in [4.69, 9.17) is 15.2 Å². The first-order valence-electron chi connectivity index (χ1n) is 21.8. The van der Waals surface area contributed by atoms with Crippen LogP contribution in [-0.2, 0) is 25.7 Å². The molecule has 316 valence electrons. The standard InChI is InChI=1S/C44H77N3O8/c1-5-7-9-11-13-15-17-19-21-26-30-46(38(49)29-25-20-18-16-14-12-10-8-6-2)43-39(41(51)40(50)37(32-48)55-43)47(42(52)36(45)31-34(3)4)44(53)54-33-35-27-23-22-24-28-35/h22-24,27-28,34,36-37,39-41,43,48,50-51H,5-21,25-26,29-33,45H2,1-4H3/t36-,37+,39+,40-,41+,43+/m0/s1. The Hall–Kier alpha value is -2.57. The first-order chi connectivity index (χ1) is 26.6. The number of nitrogens with two attached hydrogens (primary N) is 1. The molecule has 11 nitrogen and oxygen atoms in total. The maximum atomic E-state index is 14.2. The number of amides is 3. The summed E-state index contributed by atoms with van der Waals surface area (Å²) in [5, 5.41) is 33.1. The van der Waals surface area contributed by atoms with Gasteiger partial charge in [0.25, 0.3) is 0 Å². The molecule has 11 heteroatoms. The molecule has 6 atom stereocenters. The lowest BCUT2D eigenvalue weighted by Crippen LogP contribution is -2.71. The number of nitrogens with zero attached hydrogens (tertiary/aromatic N) is 2. The molecular weight excluding hydrogens is 698 g/mol. The number of imide groups is 1. The molecule has 1 aliphatic heterocycles. The topological polar surface area (TPSA) is 163 Å². The predicted molar refractivity (Wildman–Crippen MR) is 218 cm³/mol. The van der Waals surface area contributed by atoms with Crippen LogP contribution in [-0.4, -0.2) is 92.8 Å². The fourth-order valence-corrected chi connectivity index (χ4v) is 7.45. The Morgan fingerprint density at radius 3 is 1.78 bits per heavy atom. The van der Waals surface area contributed by atoms with Crippen molar-refractivity contribution in [3.63, 3.8) is 0 Å². The van der Waals surface area contributed by atoms with Crippen molar-refractivity contribution in [3.05, 3.63) is 35.9 Å². The van der Waals surface area contributed by atoms with Crippen LogP contribution >= 0.6 is 0 Å². The third-order valence-corrected chi connectivity index (χ3v) is 10.7. The van der Waals surface area contributed by atoms with Crippen molar-refractivity contribution >= 4 is 17.9 Å². The van der Waals surface area contributed by atoms with E-state index in [0.29, 0.717) is 18.4 Å². The SMILES string of the molecule is CCCCCCCCCCCCN(C(=O)CCCCCCCCCCC)[C@@H]1O[C@H](CO)[C@H](O)[C@H](O)[C@H]1N(C(=O)OCc1ccccc1)C(=O)[C@@H](N)CC(C)C. The summed E-state index contributed by atoms with van der Waals surface area (Å²) in [6, 6.07) is 6.33. The van der Waals surface area contributed by atoms with Crippen LogP contribution < -0.4 is 5.73 Å². The minimum atomic E-state index is -1.76. The number of hydrogen-bond acceptors (Lipinski definition) is 9. The maximum Gasteiger partial charge on any atom is 0.417 e. The highest BCUT2D eigenvalue weighted by Gasteiger charge is 2.53. The van der Waals surface area contributed by atoms with E-state index in [1.165, 1.54) is 75.5 Å². The lowest BCUT2D eigenvalue weighted by Gasteiger charge is -2.49. The molecule has 0 unspecified atom stereocenters. The van der Waals surface area contributed by atoms with E-state index in [1.807, 2.05) is 19.9 Å². The normalized spacial score (nSPS) is 20.3. The quantitative estimate of drug-likeness (QED) is 0.0591. The molecule has 2 rings (SSSR count). The van der Waals surface area contributed by atoms with Crippen molar-refractivity contribution in [2.24, 2.45) is 11.7 Å². The summed E-state index contributed by atoms with van der Waals surface area (Å²) < 4.78 is 11.9. The van der Waals surface area contributed by atoms with Gasteiger partial charge in [0.2, 0.25) is 11.8 Å². The van der Waals surface area contributed by atoms with Crippen LogP contribution in [0.1, 0.15) is 168 Å². The van der Waals surface area contributed by atoms with E-state index in [-0.39, 0.29) is 37.8 Å². The molecule has 3 amide bonds. The maximum absolute atomic E-state index is 14.2. The molecule has 0 aromatic heterocycles. The second-order valence-electron chi connectivity index (χ2n) is 16.1. The average Bonchev–Trinajstić information content (AvgIpc) is 3.17. The summed E-state index contributed by atoms with van der Waals surface area (Å²) in [6.07, 6.45) is 14.2. The van der Waals surface area contributed by atoms with Crippen LogP contribution in [0.15, 0.2) is 30.3 Å². The number of aliphatic hydroxyl groups is 3. The molecule has 1 aliphatic rings. The molecule has 1 saturated heterocycles. The third-order valence-electron chi connectivity index (χ3n) is 10.7. The van der Waals surface area contributed by atoms with Gasteiger partial charge in [0.05, 0.1) is 12.6 Å². The molecule has 0 bridgehead atoms. The Kier molecular flexibility index (Phi) is 25.4. The van der Waals surface area contributed by atoms with Crippen LogP contribution in [0.2, 0.25) is 0 Å². The molecule has 0 aliphatic carbocycles. The summed E-state index contributed by atoms with van der Waals surface area (Å²) in [5.41, 5.74) is 7.08. The molecule has 1 fully saturated rings. The number of aliphatic hydroxyl groups excluding tert-OH is 3. The monoisotopic (exact) mass is 776 g/mol. The number of hydrogen-bond donors (Lipinski definition) is 4. The number of benzene rings is 1. The van der Waals surface area contributed by atoms with Gasteiger partial charge in [0.15, 0.2) is 6.23 Å². The van der Waals surface area contributed by atoms with Gasteiger partial charge in [-0.3, -0.25) is 9.59 Å². The number of carbonyl (C=O) groups excluding carboxylic acids is 3. The van der Waals surface area contributed by atoms with Gasteiger partial charge in [-0.2, -0.15) is 0 Å². The number of unbranched alkanes of at least 4 members (excludes halogenated alkanes) is 17. The minimum absolute atomic E-state index is 0.0135. The van der Waals surface area contributed by atoms with Gasteiger partial charge in [-0.05, 0) is 30.7 Å². The van der Waals surface area contributed by atoms with Gasteiger partial charge in [-0.1, -0.05) is 167 Å². The van der Waals surface area contributed by atoms with E-state index in [1.54, 1.807) is 24.3 Å². The Labute approximate surface area is 332 Å². The molecule has 0 radical (unpaired) electrons. The Bertz CT molecular complexity index is 1170. The van der Waals surface area contributed by atoms with Crippen molar-refractivity contribution in [2.45, 2.75) is 206 Å². The van der Waals surface area contributed by atoms with Crippen molar-refractivity contribution < 1.29 is 39.2 Å². The van der Waals surface area contributed by atoms with Crippen LogP contribution in [0.25, 0.3) is 0 Å². The summed E-state index contributed by atoms with van der Waals surface area (Å²) in [5.74, 6) is -1.02. The van der Waals surface area contributed by atoms with Crippen LogP contribution in [0.4, 0.5) is 4.79 Å². The smallest absolute Gasteiger partial charge is 0.417 e. The van der Waals surface area contributed by atoms with Crippen molar-refractivity contribution in [1.82, 2.24) is 9.80 Å². The zero-order valence-corrected chi connectivity index (χ0v) is 34.8. The number of ether oxygens (including phenoxy) is 2. The highest BCUT2D eigenvalue weighted by Crippen LogP contribution is 2.31. The largest absolute Gasteiger partial charge is 0.444 e.